The first-order chi connectivity index (χ1) is 22.0. The van der Waals surface area contributed by atoms with Crippen LogP contribution in [0.3, 0.4) is 0 Å². The second-order valence-electron chi connectivity index (χ2n) is 14.9. The van der Waals surface area contributed by atoms with Crippen LogP contribution in [-0.4, -0.2) is 58.1 Å². The lowest BCUT2D eigenvalue weighted by Gasteiger charge is -2.29. The van der Waals surface area contributed by atoms with Crippen LogP contribution < -0.4 is 17.0 Å². The van der Waals surface area contributed by atoms with Gasteiger partial charge in [0, 0.05) is 13.2 Å². The molecule has 0 aromatic rings. The molecule has 0 radical (unpaired) electrons. The highest BCUT2D eigenvalue weighted by Gasteiger charge is 2.19. The Balaban J connectivity index is 0. The number of halogens is 1. The van der Waals surface area contributed by atoms with E-state index in [2.05, 4.69) is 59.3 Å². The molecule has 0 fully saturated rings. The van der Waals surface area contributed by atoms with Crippen LogP contribution >= 0.6 is 0 Å². The van der Waals surface area contributed by atoms with Crippen molar-refractivity contribution in [3.63, 3.8) is 0 Å². The van der Waals surface area contributed by atoms with Gasteiger partial charge in [-0.25, -0.2) is 0 Å². The minimum absolute atomic E-state index is 0. The van der Waals surface area contributed by atoms with E-state index >= 15 is 0 Å². The smallest absolute Gasteiger partial charge is 0.130 e. The van der Waals surface area contributed by atoms with E-state index in [1.54, 1.807) is 0 Å². The van der Waals surface area contributed by atoms with Crippen molar-refractivity contribution in [2.24, 2.45) is 0 Å². The molecule has 0 spiro atoms. The molecule has 1 unspecified atom stereocenters. The Bertz CT molecular complexity index is 615. The summed E-state index contributed by atoms with van der Waals surface area (Å²) in [5.74, 6) is 0. The van der Waals surface area contributed by atoms with E-state index in [0.29, 0.717) is 0 Å². The minimum Gasteiger partial charge on any atom is -1.00 e. The highest BCUT2D eigenvalue weighted by molar-refractivity contribution is 4.82. The lowest BCUT2D eigenvalue weighted by Crippen LogP contribution is -3.00. The summed E-state index contributed by atoms with van der Waals surface area (Å²) in [6.45, 7) is 8.10. The number of rotatable bonds is 37. The van der Waals surface area contributed by atoms with Crippen LogP contribution in [0.4, 0.5) is 0 Å². The molecule has 0 amide bonds. The summed E-state index contributed by atoms with van der Waals surface area (Å²) >= 11 is 0. The molecule has 0 saturated carbocycles. The van der Waals surface area contributed by atoms with Gasteiger partial charge in [0.05, 0.1) is 27.7 Å². The van der Waals surface area contributed by atoms with Gasteiger partial charge in [0.2, 0.25) is 0 Å². The van der Waals surface area contributed by atoms with Crippen molar-refractivity contribution in [2.75, 3.05) is 47.5 Å². The Labute approximate surface area is 301 Å². The van der Waals surface area contributed by atoms with E-state index in [0.717, 1.165) is 30.8 Å². The number of quaternary nitrogens is 1. The monoisotopic (exact) mass is 714 g/mol. The van der Waals surface area contributed by atoms with Crippen molar-refractivity contribution >= 4 is 0 Å². The first kappa shape index (κ1) is 48.0. The van der Waals surface area contributed by atoms with E-state index < -0.39 is 0 Å². The molecule has 3 nitrogen and oxygen atoms in total. The summed E-state index contributed by atoms with van der Waals surface area (Å²) in [7, 11) is 6.77. The van der Waals surface area contributed by atoms with E-state index in [-0.39, 0.29) is 23.1 Å². The predicted molar refractivity (Wildman–Crippen MR) is 202 cm³/mol. The first-order valence-electron chi connectivity index (χ1n) is 20.3. The second kappa shape index (κ2) is 39.3. The average Bonchev–Trinajstić information content (AvgIpc) is 3.01. The highest BCUT2D eigenvalue weighted by atomic mass is 79.9. The van der Waals surface area contributed by atoms with Gasteiger partial charge in [-0.05, 0) is 64.2 Å². The lowest BCUT2D eigenvalue weighted by molar-refractivity contribution is -0.873. The summed E-state index contributed by atoms with van der Waals surface area (Å²) in [4.78, 5) is 0. The van der Waals surface area contributed by atoms with E-state index in [1.165, 1.54) is 180 Å². The molecule has 0 bridgehead atoms. The average molecular weight is 715 g/mol. The maximum absolute atomic E-state index is 6.32. The van der Waals surface area contributed by atoms with Gasteiger partial charge < -0.3 is 30.9 Å². The third-order valence-corrected chi connectivity index (χ3v) is 8.87. The maximum atomic E-state index is 6.32. The summed E-state index contributed by atoms with van der Waals surface area (Å²) in [5.41, 5.74) is 0. The van der Waals surface area contributed by atoms with Crippen molar-refractivity contribution in [2.45, 2.75) is 200 Å². The van der Waals surface area contributed by atoms with E-state index in [4.69, 9.17) is 9.47 Å². The molecule has 46 heavy (non-hydrogen) atoms. The largest absolute Gasteiger partial charge is 1.00 e. The number of allylic oxidation sites excluding steroid dienone is 4. The van der Waals surface area contributed by atoms with Crippen LogP contribution in [0.2, 0.25) is 0 Å². The summed E-state index contributed by atoms with van der Waals surface area (Å²) in [6.07, 6.45) is 47.6. The molecule has 0 aliphatic carbocycles. The van der Waals surface area contributed by atoms with Gasteiger partial charge in [-0.15, -0.1) is 0 Å². The Hall–Kier alpha value is -0.160. The first-order valence-corrected chi connectivity index (χ1v) is 20.3. The molecule has 0 saturated heterocycles. The van der Waals surface area contributed by atoms with Gasteiger partial charge in [-0.1, -0.05) is 154 Å². The molecule has 276 valence electrons. The molecule has 4 heteroatoms. The molecule has 1 atom stereocenters. The van der Waals surface area contributed by atoms with Crippen LogP contribution in [0.15, 0.2) is 24.3 Å². The maximum Gasteiger partial charge on any atom is 0.130 e. The second-order valence-corrected chi connectivity index (χ2v) is 14.9. The molecule has 0 N–H and O–H groups in total. The molecule has 0 aromatic carbocycles. The topological polar surface area (TPSA) is 18.5 Å². The van der Waals surface area contributed by atoms with Gasteiger partial charge in [-0.2, -0.15) is 0 Å². The van der Waals surface area contributed by atoms with Crippen LogP contribution in [0.25, 0.3) is 0 Å². The Kier molecular flexibility index (Phi) is 40.9. The number of likely N-dealkylation sites (N-methyl/N-ethyl adjacent to an activating group) is 1. The highest BCUT2D eigenvalue weighted by Crippen LogP contribution is 2.12. The van der Waals surface area contributed by atoms with Crippen LogP contribution in [0.1, 0.15) is 194 Å². The number of hydrogen-bond acceptors (Lipinski definition) is 2. The summed E-state index contributed by atoms with van der Waals surface area (Å²) < 4.78 is 13.3. The number of unbranched alkanes of at least 4 members (excludes halogenated alkanes) is 24. The quantitative estimate of drug-likeness (QED) is 0.0362. The van der Waals surface area contributed by atoms with Gasteiger partial charge >= 0.3 is 0 Å². The predicted octanol–water partition coefficient (Wildman–Crippen LogP) is 10.2. The SMILES string of the molecule is CCCCCCCC/C=C\CCCCCCCCOCC(C[N+](C)(C)C)OCCCCCCCC/C=C\CCCCCCCC.[Br-]. The zero-order chi connectivity index (χ0) is 32.9. The standard InChI is InChI=1S/C42H84NO2.BrH/c1-6-8-10-12-14-16-18-20-22-24-26-28-30-32-34-36-38-44-41-42(40-43(3,4)5)45-39-37-35-33-31-29-27-25-23-21-19-17-15-13-11-9-7-2;/h20-23,42H,6-19,24-41H2,1-5H3;1H/q+1;/p-1/b22-20-,23-21-;. The fraction of sp³-hybridized carbons (Fsp3) is 0.905. The van der Waals surface area contributed by atoms with Gasteiger partial charge in [-0.3, -0.25) is 0 Å². The number of hydrogen-bond donors (Lipinski definition) is 0. The van der Waals surface area contributed by atoms with Gasteiger partial charge in [0.25, 0.3) is 0 Å². The molecule has 0 aliphatic rings. The van der Waals surface area contributed by atoms with Crippen LogP contribution in [-0.2, 0) is 9.47 Å². The Morgan fingerprint density at radius 1 is 0.435 bits per heavy atom. The van der Waals surface area contributed by atoms with Gasteiger partial charge in [0.1, 0.15) is 12.6 Å². The van der Waals surface area contributed by atoms with Crippen LogP contribution in [0.5, 0.6) is 0 Å². The van der Waals surface area contributed by atoms with Crippen molar-refractivity contribution in [1.82, 2.24) is 0 Å². The third-order valence-electron chi connectivity index (χ3n) is 8.87. The number of nitrogens with zero attached hydrogens (tertiary/aromatic N) is 1. The third kappa shape index (κ3) is 41.9. The van der Waals surface area contributed by atoms with Crippen molar-refractivity contribution in [1.29, 1.82) is 0 Å². The number of ether oxygens (including phenoxy) is 2. The van der Waals surface area contributed by atoms with Gasteiger partial charge in [0.15, 0.2) is 0 Å². The van der Waals surface area contributed by atoms with Crippen molar-refractivity contribution < 1.29 is 30.9 Å². The molecule has 0 aromatic heterocycles. The summed E-state index contributed by atoms with van der Waals surface area (Å²) in [5, 5.41) is 0. The van der Waals surface area contributed by atoms with E-state index in [9.17, 15) is 0 Å². The Morgan fingerprint density at radius 3 is 1.13 bits per heavy atom. The lowest BCUT2D eigenvalue weighted by atomic mass is 10.1. The molecular weight excluding hydrogens is 630 g/mol. The zero-order valence-electron chi connectivity index (χ0n) is 32.2. The normalized spacial score (nSPS) is 12.8. The molecular formula is C42H84BrNO2. The van der Waals surface area contributed by atoms with E-state index in [1.807, 2.05) is 0 Å². The Morgan fingerprint density at radius 2 is 0.761 bits per heavy atom. The van der Waals surface area contributed by atoms with Crippen molar-refractivity contribution in [3.05, 3.63) is 24.3 Å². The molecule has 0 rings (SSSR count). The fourth-order valence-electron chi connectivity index (χ4n) is 6.03. The zero-order valence-corrected chi connectivity index (χ0v) is 33.7. The molecule has 0 aliphatic heterocycles. The minimum atomic E-state index is 0. The fourth-order valence-corrected chi connectivity index (χ4v) is 6.03. The van der Waals surface area contributed by atoms with Crippen molar-refractivity contribution in [3.8, 4) is 0 Å². The molecule has 0 heterocycles. The van der Waals surface area contributed by atoms with Crippen LogP contribution in [0, 0.1) is 0 Å². The summed E-state index contributed by atoms with van der Waals surface area (Å²) in [6, 6.07) is 0.